The monoisotopic (exact) mass is 247 g/mol. The Morgan fingerprint density at radius 2 is 1.94 bits per heavy atom. The molecule has 0 radical (unpaired) electrons. The molecule has 1 aliphatic heterocycles. The molecule has 0 bridgehead atoms. The highest BCUT2D eigenvalue weighted by Crippen LogP contribution is 2.25. The second-order valence-corrected chi connectivity index (χ2v) is 4.77. The molecule has 17 heavy (non-hydrogen) atoms. The fourth-order valence-electron chi connectivity index (χ4n) is 2.12. The third-order valence-electron chi connectivity index (χ3n) is 2.99. The molecule has 1 fully saturated rings. The van der Waals surface area contributed by atoms with Gasteiger partial charge >= 0.3 is 0 Å². The van der Waals surface area contributed by atoms with Gasteiger partial charge in [0.05, 0.1) is 18.8 Å². The van der Waals surface area contributed by atoms with Crippen molar-refractivity contribution in [2.45, 2.75) is 51.2 Å². The molecule has 6 nitrogen and oxygen atoms in total. The minimum atomic E-state index is -1.20. The Bertz CT molecular complexity index is 271. The van der Waals surface area contributed by atoms with Crippen molar-refractivity contribution in [3.8, 4) is 0 Å². The van der Waals surface area contributed by atoms with Crippen LogP contribution in [0.5, 0.6) is 0 Å². The number of hydrogen-bond donors (Lipinski definition) is 4. The van der Waals surface area contributed by atoms with Crippen LogP contribution in [0.2, 0.25) is 0 Å². The van der Waals surface area contributed by atoms with E-state index in [-0.39, 0.29) is 18.4 Å². The first-order chi connectivity index (χ1) is 7.88. The van der Waals surface area contributed by atoms with Gasteiger partial charge in [0.2, 0.25) is 5.91 Å². The molecular formula is C11H21NO5. The second kappa shape index (κ2) is 5.77. The number of aliphatic hydroxyl groups excluding tert-OH is 3. The molecule has 0 aromatic carbocycles. The van der Waals surface area contributed by atoms with Crippen LogP contribution < -0.4 is 5.32 Å². The zero-order chi connectivity index (χ0) is 13.2. The predicted octanol–water partition coefficient (Wildman–Crippen LogP) is -1.37. The Kier molecular flexibility index (Phi) is 4.88. The normalized spacial score (nSPS) is 38.2. The molecule has 1 aliphatic rings. The van der Waals surface area contributed by atoms with Crippen molar-refractivity contribution in [2.24, 2.45) is 5.92 Å². The molecule has 100 valence electrons. The van der Waals surface area contributed by atoms with Crippen molar-refractivity contribution in [3.05, 3.63) is 0 Å². The van der Waals surface area contributed by atoms with Gasteiger partial charge in [-0.25, -0.2) is 0 Å². The molecule has 1 rings (SSSR count). The molecule has 0 spiro atoms. The van der Waals surface area contributed by atoms with E-state index < -0.39 is 30.5 Å². The average Bonchev–Trinajstić information content (AvgIpc) is 2.24. The zero-order valence-corrected chi connectivity index (χ0v) is 10.3. The molecular weight excluding hydrogens is 226 g/mol. The summed E-state index contributed by atoms with van der Waals surface area (Å²) < 4.78 is 5.52. The highest BCUT2D eigenvalue weighted by atomic mass is 16.5. The fourth-order valence-corrected chi connectivity index (χ4v) is 2.12. The van der Waals surface area contributed by atoms with Crippen LogP contribution in [0.1, 0.15) is 20.8 Å². The van der Waals surface area contributed by atoms with Gasteiger partial charge in [0.15, 0.2) is 0 Å². The first kappa shape index (κ1) is 14.4. The van der Waals surface area contributed by atoms with E-state index in [1.54, 1.807) is 0 Å². The van der Waals surface area contributed by atoms with Gasteiger partial charge in [0.1, 0.15) is 18.3 Å². The summed E-state index contributed by atoms with van der Waals surface area (Å²) in [5.41, 5.74) is 0. The maximum absolute atomic E-state index is 11.1. The van der Waals surface area contributed by atoms with Crippen LogP contribution in [0.15, 0.2) is 0 Å². The van der Waals surface area contributed by atoms with E-state index in [9.17, 15) is 15.0 Å². The molecule has 0 aromatic rings. The number of aliphatic hydroxyl groups is 3. The van der Waals surface area contributed by atoms with Crippen molar-refractivity contribution in [1.82, 2.24) is 5.32 Å². The van der Waals surface area contributed by atoms with E-state index in [0.29, 0.717) is 0 Å². The minimum absolute atomic E-state index is 0.0445. The SMILES string of the molecule is CC(=O)N[C@@H]1C(O)[C@@H](O)C(CO)O[C@H]1C(C)C. The van der Waals surface area contributed by atoms with Crippen LogP contribution in [-0.2, 0) is 9.53 Å². The summed E-state index contributed by atoms with van der Waals surface area (Å²) >= 11 is 0. The number of amides is 1. The van der Waals surface area contributed by atoms with Crippen LogP contribution in [-0.4, -0.2) is 58.3 Å². The Hall–Kier alpha value is -0.690. The summed E-state index contributed by atoms with van der Waals surface area (Å²) in [5, 5.41) is 31.3. The summed E-state index contributed by atoms with van der Waals surface area (Å²) in [6, 6.07) is -0.662. The Morgan fingerprint density at radius 1 is 1.35 bits per heavy atom. The Morgan fingerprint density at radius 3 is 2.35 bits per heavy atom. The van der Waals surface area contributed by atoms with Crippen LogP contribution >= 0.6 is 0 Å². The molecule has 0 aromatic heterocycles. The molecule has 0 saturated carbocycles. The van der Waals surface area contributed by atoms with E-state index in [0.717, 1.165) is 0 Å². The third-order valence-corrected chi connectivity index (χ3v) is 2.99. The van der Waals surface area contributed by atoms with Crippen molar-refractivity contribution in [2.75, 3.05) is 6.61 Å². The summed E-state index contributed by atoms with van der Waals surface area (Å²) in [7, 11) is 0. The Labute approximate surface area is 101 Å². The van der Waals surface area contributed by atoms with Crippen LogP contribution in [0.4, 0.5) is 0 Å². The first-order valence-electron chi connectivity index (χ1n) is 5.78. The highest BCUT2D eigenvalue weighted by molar-refractivity contribution is 5.73. The van der Waals surface area contributed by atoms with E-state index in [4.69, 9.17) is 9.84 Å². The topological polar surface area (TPSA) is 99.0 Å². The van der Waals surface area contributed by atoms with Crippen molar-refractivity contribution < 1.29 is 24.9 Å². The lowest BCUT2D eigenvalue weighted by atomic mass is 9.87. The van der Waals surface area contributed by atoms with Crippen LogP contribution in [0, 0.1) is 5.92 Å². The van der Waals surface area contributed by atoms with Crippen LogP contribution in [0.25, 0.3) is 0 Å². The summed E-state index contributed by atoms with van der Waals surface area (Å²) in [6.45, 7) is 4.75. The maximum atomic E-state index is 11.1. The highest BCUT2D eigenvalue weighted by Gasteiger charge is 2.45. The average molecular weight is 247 g/mol. The van der Waals surface area contributed by atoms with E-state index >= 15 is 0 Å². The van der Waals surface area contributed by atoms with Gasteiger partial charge in [-0.1, -0.05) is 13.8 Å². The molecule has 1 amide bonds. The predicted molar refractivity (Wildman–Crippen MR) is 60.2 cm³/mol. The smallest absolute Gasteiger partial charge is 0.217 e. The zero-order valence-electron chi connectivity index (χ0n) is 10.3. The third kappa shape index (κ3) is 3.16. The van der Waals surface area contributed by atoms with E-state index in [1.165, 1.54) is 6.92 Å². The molecule has 1 saturated heterocycles. The summed E-state index contributed by atoms with van der Waals surface area (Å²) in [4.78, 5) is 11.1. The lowest BCUT2D eigenvalue weighted by molar-refractivity contribution is -0.204. The standard InChI is InChI=1S/C11H21NO5/c1-5(2)11-8(12-6(3)14)10(16)9(15)7(4-13)17-11/h5,7-11,13,15-16H,4H2,1-3H3,(H,12,14)/t7?,8-,9+,10?,11+/m1/s1. The summed E-state index contributed by atoms with van der Waals surface area (Å²) in [6.07, 6.45) is -3.60. The van der Waals surface area contributed by atoms with Gasteiger partial charge in [-0.05, 0) is 5.92 Å². The largest absolute Gasteiger partial charge is 0.394 e. The van der Waals surface area contributed by atoms with Crippen molar-refractivity contribution >= 4 is 5.91 Å². The molecule has 4 N–H and O–H groups in total. The quantitative estimate of drug-likeness (QED) is 0.493. The van der Waals surface area contributed by atoms with Gasteiger partial charge in [0.25, 0.3) is 0 Å². The van der Waals surface area contributed by atoms with E-state index in [2.05, 4.69) is 5.32 Å². The number of carbonyl (C=O) groups is 1. The number of rotatable bonds is 3. The molecule has 0 aliphatic carbocycles. The maximum Gasteiger partial charge on any atom is 0.217 e. The van der Waals surface area contributed by atoms with Gasteiger partial charge in [0, 0.05) is 6.92 Å². The number of carbonyl (C=O) groups excluding carboxylic acids is 1. The van der Waals surface area contributed by atoms with E-state index in [1.807, 2.05) is 13.8 Å². The second-order valence-electron chi connectivity index (χ2n) is 4.77. The number of hydrogen-bond acceptors (Lipinski definition) is 5. The number of ether oxygens (including phenoxy) is 1. The molecule has 5 atom stereocenters. The van der Waals surface area contributed by atoms with Crippen molar-refractivity contribution in [1.29, 1.82) is 0 Å². The van der Waals surface area contributed by atoms with Gasteiger partial charge < -0.3 is 25.4 Å². The molecule has 6 heteroatoms. The first-order valence-corrected chi connectivity index (χ1v) is 5.78. The fraction of sp³-hybridized carbons (Fsp3) is 0.909. The van der Waals surface area contributed by atoms with Crippen molar-refractivity contribution in [3.63, 3.8) is 0 Å². The minimum Gasteiger partial charge on any atom is -0.394 e. The lowest BCUT2D eigenvalue weighted by Gasteiger charge is -2.44. The van der Waals surface area contributed by atoms with Gasteiger partial charge in [-0.2, -0.15) is 0 Å². The van der Waals surface area contributed by atoms with Crippen LogP contribution in [0.3, 0.4) is 0 Å². The van der Waals surface area contributed by atoms with Gasteiger partial charge in [-0.3, -0.25) is 4.79 Å². The molecule has 2 unspecified atom stereocenters. The molecule has 1 heterocycles. The Balaban J connectivity index is 2.86. The number of nitrogens with one attached hydrogen (secondary N) is 1. The lowest BCUT2D eigenvalue weighted by Crippen LogP contribution is -2.65. The summed E-state index contributed by atoms with van der Waals surface area (Å²) in [5.74, 6) is -0.249. The van der Waals surface area contributed by atoms with Gasteiger partial charge in [-0.15, -0.1) is 0 Å².